The van der Waals surface area contributed by atoms with Gasteiger partial charge in [-0.15, -0.1) is 5.10 Å². The molecule has 0 aliphatic heterocycles. The van der Waals surface area contributed by atoms with Crippen LogP contribution in [0.3, 0.4) is 0 Å². The summed E-state index contributed by atoms with van der Waals surface area (Å²) in [6.45, 7) is 0.545. The van der Waals surface area contributed by atoms with E-state index in [4.69, 9.17) is 16.0 Å². The van der Waals surface area contributed by atoms with Crippen molar-refractivity contribution in [3.05, 3.63) is 34.9 Å². The minimum absolute atomic E-state index is 0.217. The van der Waals surface area contributed by atoms with Gasteiger partial charge >= 0.3 is 6.01 Å². The number of hydrogen-bond donors (Lipinski definition) is 2. The van der Waals surface area contributed by atoms with Gasteiger partial charge in [0.1, 0.15) is 5.82 Å². The quantitative estimate of drug-likeness (QED) is 0.883. The Balaban J connectivity index is 1.65. The minimum atomic E-state index is -0.426. The number of rotatable bonds is 5. The first-order valence-electron chi connectivity index (χ1n) is 5.98. The van der Waals surface area contributed by atoms with Crippen molar-refractivity contribution in [2.45, 2.75) is 25.4 Å². The van der Waals surface area contributed by atoms with Gasteiger partial charge in [0, 0.05) is 16.8 Å². The molecule has 1 aliphatic rings. The van der Waals surface area contributed by atoms with Crippen LogP contribution in [0.5, 0.6) is 0 Å². The summed E-state index contributed by atoms with van der Waals surface area (Å²) in [5.41, 5.74) is 0.468. The second-order valence-electron chi connectivity index (χ2n) is 4.44. The van der Waals surface area contributed by atoms with Gasteiger partial charge in [0.05, 0.1) is 6.54 Å². The van der Waals surface area contributed by atoms with Crippen LogP contribution in [-0.2, 0) is 6.54 Å². The summed E-state index contributed by atoms with van der Waals surface area (Å²) >= 11 is 5.76. The summed E-state index contributed by atoms with van der Waals surface area (Å²) in [6, 6.07) is 4.90. The molecule has 1 aromatic heterocycles. The number of hydrogen-bond acceptors (Lipinski definition) is 5. The zero-order valence-electron chi connectivity index (χ0n) is 9.99. The van der Waals surface area contributed by atoms with Crippen molar-refractivity contribution in [3.63, 3.8) is 0 Å². The van der Waals surface area contributed by atoms with E-state index < -0.39 is 5.82 Å². The summed E-state index contributed by atoms with van der Waals surface area (Å²) in [7, 11) is 0. The first-order chi connectivity index (χ1) is 9.19. The molecule has 0 spiro atoms. The van der Waals surface area contributed by atoms with E-state index in [1.807, 2.05) is 0 Å². The van der Waals surface area contributed by atoms with Gasteiger partial charge in [-0.25, -0.2) is 4.39 Å². The SMILES string of the molecule is Fc1cc(Cl)cc(Nc2nnc(CNC3CC3)o2)c1. The molecule has 19 heavy (non-hydrogen) atoms. The van der Waals surface area contributed by atoms with Gasteiger partial charge in [0.2, 0.25) is 5.89 Å². The van der Waals surface area contributed by atoms with E-state index in [1.165, 1.54) is 25.0 Å². The molecule has 1 fully saturated rings. The number of anilines is 2. The van der Waals surface area contributed by atoms with Crippen LogP contribution in [0.1, 0.15) is 18.7 Å². The summed E-state index contributed by atoms with van der Waals surface area (Å²) in [5.74, 6) is 0.0713. The van der Waals surface area contributed by atoms with Gasteiger partial charge in [0.25, 0.3) is 0 Å². The highest BCUT2D eigenvalue weighted by Crippen LogP contribution is 2.22. The van der Waals surface area contributed by atoms with Crippen LogP contribution in [-0.4, -0.2) is 16.2 Å². The molecule has 0 amide bonds. The zero-order valence-corrected chi connectivity index (χ0v) is 10.7. The molecule has 3 rings (SSSR count). The Morgan fingerprint density at radius 2 is 2.16 bits per heavy atom. The van der Waals surface area contributed by atoms with Crippen LogP contribution in [0, 0.1) is 5.82 Å². The van der Waals surface area contributed by atoms with Crippen LogP contribution in [0.25, 0.3) is 0 Å². The molecule has 1 saturated carbocycles. The van der Waals surface area contributed by atoms with Gasteiger partial charge in [-0.2, -0.15) is 0 Å². The average Bonchev–Trinajstić information content (AvgIpc) is 3.06. The van der Waals surface area contributed by atoms with Gasteiger partial charge in [-0.3, -0.25) is 0 Å². The van der Waals surface area contributed by atoms with Crippen LogP contribution in [0.15, 0.2) is 22.6 Å². The van der Waals surface area contributed by atoms with Crippen LogP contribution < -0.4 is 10.6 Å². The van der Waals surface area contributed by atoms with Crippen LogP contribution in [0.2, 0.25) is 5.02 Å². The minimum Gasteiger partial charge on any atom is -0.406 e. The lowest BCUT2D eigenvalue weighted by molar-refractivity contribution is 0.478. The van der Waals surface area contributed by atoms with E-state index in [2.05, 4.69) is 20.8 Å². The maximum absolute atomic E-state index is 13.2. The molecular formula is C12H12ClFN4O. The Labute approximate surface area is 114 Å². The van der Waals surface area contributed by atoms with Gasteiger partial charge in [-0.05, 0) is 31.0 Å². The third-order valence-electron chi connectivity index (χ3n) is 2.70. The highest BCUT2D eigenvalue weighted by molar-refractivity contribution is 6.30. The lowest BCUT2D eigenvalue weighted by Crippen LogP contribution is -2.15. The van der Waals surface area contributed by atoms with Crippen LogP contribution >= 0.6 is 11.6 Å². The standard InChI is InChI=1S/C12H12ClFN4O/c13-7-3-8(14)5-10(4-7)16-12-18-17-11(19-12)6-15-9-1-2-9/h3-5,9,15H,1-2,6H2,(H,16,18). The number of nitrogens with one attached hydrogen (secondary N) is 2. The Bertz CT molecular complexity index is 565. The van der Waals surface area contributed by atoms with Crippen molar-refractivity contribution in [2.75, 3.05) is 5.32 Å². The average molecular weight is 283 g/mol. The second-order valence-corrected chi connectivity index (χ2v) is 4.88. The fraction of sp³-hybridized carbons (Fsp3) is 0.333. The number of aromatic nitrogens is 2. The molecule has 7 heteroatoms. The molecule has 0 unspecified atom stereocenters. The Hall–Kier alpha value is -1.66. The van der Waals surface area contributed by atoms with E-state index in [9.17, 15) is 4.39 Å². The normalized spacial score (nSPS) is 14.6. The first-order valence-corrected chi connectivity index (χ1v) is 6.36. The highest BCUT2D eigenvalue weighted by atomic mass is 35.5. The topological polar surface area (TPSA) is 63.0 Å². The van der Waals surface area contributed by atoms with Gasteiger partial charge < -0.3 is 15.1 Å². The van der Waals surface area contributed by atoms with E-state index in [1.54, 1.807) is 6.07 Å². The molecule has 5 nitrogen and oxygen atoms in total. The third kappa shape index (κ3) is 3.42. The van der Waals surface area contributed by atoms with Gasteiger partial charge in [-0.1, -0.05) is 16.7 Å². The fourth-order valence-electron chi connectivity index (χ4n) is 1.64. The predicted octanol–water partition coefficient (Wildman–Crippen LogP) is 2.86. The Kier molecular flexibility index (Phi) is 3.35. The summed E-state index contributed by atoms with van der Waals surface area (Å²) in [4.78, 5) is 0. The lowest BCUT2D eigenvalue weighted by Gasteiger charge is -2.02. The molecule has 0 radical (unpaired) electrons. The maximum atomic E-state index is 13.2. The number of nitrogens with zero attached hydrogens (tertiary/aromatic N) is 2. The van der Waals surface area contributed by atoms with Crippen molar-refractivity contribution in [2.24, 2.45) is 0 Å². The third-order valence-corrected chi connectivity index (χ3v) is 2.92. The molecule has 1 heterocycles. The molecule has 0 saturated heterocycles. The lowest BCUT2D eigenvalue weighted by atomic mass is 10.3. The zero-order chi connectivity index (χ0) is 13.2. The second kappa shape index (κ2) is 5.14. The van der Waals surface area contributed by atoms with E-state index >= 15 is 0 Å². The van der Waals surface area contributed by atoms with Crippen molar-refractivity contribution in [1.82, 2.24) is 15.5 Å². The molecule has 0 atom stereocenters. The van der Waals surface area contributed by atoms with Crippen molar-refractivity contribution in [3.8, 4) is 0 Å². The van der Waals surface area contributed by atoms with E-state index in [0.717, 1.165) is 0 Å². The molecule has 2 aromatic rings. The summed E-state index contributed by atoms with van der Waals surface area (Å²) in [6.07, 6.45) is 2.39. The molecule has 100 valence electrons. The smallest absolute Gasteiger partial charge is 0.320 e. The molecule has 0 bridgehead atoms. The van der Waals surface area contributed by atoms with E-state index in [-0.39, 0.29) is 6.01 Å². The van der Waals surface area contributed by atoms with Gasteiger partial charge in [0.15, 0.2) is 0 Å². The van der Waals surface area contributed by atoms with Crippen LogP contribution in [0.4, 0.5) is 16.1 Å². The van der Waals surface area contributed by atoms with Crippen molar-refractivity contribution >= 4 is 23.3 Å². The monoisotopic (exact) mass is 282 g/mol. The number of halogens is 2. The first kappa shape index (κ1) is 12.4. The maximum Gasteiger partial charge on any atom is 0.320 e. The molecule has 1 aliphatic carbocycles. The highest BCUT2D eigenvalue weighted by Gasteiger charge is 2.21. The largest absolute Gasteiger partial charge is 0.406 e. The Morgan fingerprint density at radius 3 is 2.89 bits per heavy atom. The fourth-order valence-corrected chi connectivity index (χ4v) is 1.87. The molecule has 1 aromatic carbocycles. The number of benzene rings is 1. The molecular weight excluding hydrogens is 271 g/mol. The summed E-state index contributed by atoms with van der Waals surface area (Å²) < 4.78 is 18.5. The van der Waals surface area contributed by atoms with E-state index in [0.29, 0.717) is 29.2 Å². The van der Waals surface area contributed by atoms with Crippen molar-refractivity contribution in [1.29, 1.82) is 0 Å². The Morgan fingerprint density at radius 1 is 1.32 bits per heavy atom. The molecule has 2 N–H and O–H groups in total. The predicted molar refractivity (Wildman–Crippen MR) is 68.9 cm³/mol. The van der Waals surface area contributed by atoms with Crippen molar-refractivity contribution < 1.29 is 8.81 Å². The summed E-state index contributed by atoms with van der Waals surface area (Å²) in [5, 5.41) is 14.1.